The molecule has 1 aliphatic rings. The van der Waals surface area contributed by atoms with E-state index in [4.69, 9.17) is 0 Å². The second-order valence-corrected chi connectivity index (χ2v) is 5.98. The summed E-state index contributed by atoms with van der Waals surface area (Å²) in [6.07, 6.45) is 5.58. The van der Waals surface area contributed by atoms with E-state index in [2.05, 4.69) is 36.0 Å². The second-order valence-electron chi connectivity index (χ2n) is 5.98. The Bertz CT molecular complexity index is 430. The zero-order valence-corrected chi connectivity index (χ0v) is 12.8. The van der Waals surface area contributed by atoms with Gasteiger partial charge in [-0.05, 0) is 31.7 Å². The standard InChI is InChI=1S/C16H26FN3/c1-4-20(11-13-6-5-7-13)16-15(17)14(8-9-18-16)10-19-12(2)3/h8-9,12-13,19H,4-7,10-11H2,1-3H3. The van der Waals surface area contributed by atoms with Crippen molar-refractivity contribution in [1.82, 2.24) is 10.3 Å². The summed E-state index contributed by atoms with van der Waals surface area (Å²) >= 11 is 0. The predicted molar refractivity (Wildman–Crippen MR) is 81.4 cm³/mol. The predicted octanol–water partition coefficient (Wildman–Crippen LogP) is 3.35. The van der Waals surface area contributed by atoms with Gasteiger partial charge >= 0.3 is 0 Å². The molecule has 1 aromatic heterocycles. The molecule has 0 aliphatic heterocycles. The highest BCUT2D eigenvalue weighted by Crippen LogP contribution is 2.29. The fourth-order valence-corrected chi connectivity index (χ4v) is 2.49. The lowest BCUT2D eigenvalue weighted by Crippen LogP contribution is -2.34. The lowest BCUT2D eigenvalue weighted by molar-refractivity contribution is 0.317. The van der Waals surface area contributed by atoms with Crippen LogP contribution in [-0.2, 0) is 6.54 Å². The molecule has 0 aromatic carbocycles. The Morgan fingerprint density at radius 2 is 2.20 bits per heavy atom. The zero-order chi connectivity index (χ0) is 14.5. The van der Waals surface area contributed by atoms with Crippen molar-refractivity contribution in [1.29, 1.82) is 0 Å². The number of hydrogen-bond donors (Lipinski definition) is 1. The van der Waals surface area contributed by atoms with Crippen LogP contribution in [0.5, 0.6) is 0 Å². The van der Waals surface area contributed by atoms with E-state index in [1.54, 1.807) is 12.3 Å². The molecule has 1 fully saturated rings. The number of nitrogens with one attached hydrogen (secondary N) is 1. The first kappa shape index (κ1) is 15.2. The minimum atomic E-state index is -0.165. The van der Waals surface area contributed by atoms with Crippen LogP contribution in [0.15, 0.2) is 12.3 Å². The Morgan fingerprint density at radius 3 is 2.75 bits per heavy atom. The fourth-order valence-electron chi connectivity index (χ4n) is 2.49. The smallest absolute Gasteiger partial charge is 0.170 e. The molecule has 1 aromatic rings. The maximum absolute atomic E-state index is 14.6. The van der Waals surface area contributed by atoms with Crippen LogP contribution in [0, 0.1) is 11.7 Å². The minimum absolute atomic E-state index is 0.165. The van der Waals surface area contributed by atoms with E-state index in [9.17, 15) is 4.39 Å². The molecule has 1 N–H and O–H groups in total. The van der Waals surface area contributed by atoms with Crippen molar-refractivity contribution >= 4 is 5.82 Å². The SMILES string of the molecule is CCN(CC1CCC1)c1nccc(CNC(C)C)c1F. The molecule has 20 heavy (non-hydrogen) atoms. The van der Waals surface area contributed by atoms with E-state index in [-0.39, 0.29) is 5.82 Å². The normalized spacial score (nSPS) is 15.4. The van der Waals surface area contributed by atoms with Gasteiger partial charge in [-0.3, -0.25) is 0 Å². The van der Waals surface area contributed by atoms with Crippen LogP contribution in [0.1, 0.15) is 45.6 Å². The van der Waals surface area contributed by atoms with Crippen LogP contribution in [0.4, 0.5) is 10.2 Å². The van der Waals surface area contributed by atoms with E-state index in [1.807, 2.05) is 0 Å². The van der Waals surface area contributed by atoms with Crippen LogP contribution < -0.4 is 10.2 Å². The fraction of sp³-hybridized carbons (Fsp3) is 0.688. The molecular weight excluding hydrogens is 253 g/mol. The van der Waals surface area contributed by atoms with Gasteiger partial charge in [0.2, 0.25) is 0 Å². The van der Waals surface area contributed by atoms with Gasteiger partial charge in [0, 0.05) is 37.4 Å². The number of anilines is 1. The topological polar surface area (TPSA) is 28.2 Å². The first-order valence-corrected chi connectivity index (χ1v) is 7.73. The van der Waals surface area contributed by atoms with Crippen LogP contribution in [0.2, 0.25) is 0 Å². The molecule has 4 heteroatoms. The van der Waals surface area contributed by atoms with Crippen molar-refractivity contribution in [2.24, 2.45) is 5.92 Å². The molecule has 0 amide bonds. The van der Waals surface area contributed by atoms with Gasteiger partial charge in [0.15, 0.2) is 11.6 Å². The van der Waals surface area contributed by atoms with Crippen molar-refractivity contribution in [2.75, 3.05) is 18.0 Å². The number of nitrogens with zero attached hydrogens (tertiary/aromatic N) is 2. The van der Waals surface area contributed by atoms with Gasteiger partial charge in [-0.2, -0.15) is 0 Å². The quantitative estimate of drug-likeness (QED) is 0.829. The van der Waals surface area contributed by atoms with E-state index >= 15 is 0 Å². The van der Waals surface area contributed by atoms with Gasteiger partial charge in [0.05, 0.1) is 0 Å². The average molecular weight is 279 g/mol. The molecule has 0 radical (unpaired) electrons. The largest absolute Gasteiger partial charge is 0.354 e. The van der Waals surface area contributed by atoms with Crippen LogP contribution >= 0.6 is 0 Å². The Kier molecular flexibility index (Phi) is 5.35. The lowest BCUT2D eigenvalue weighted by Gasteiger charge is -2.32. The van der Waals surface area contributed by atoms with Crippen molar-refractivity contribution in [2.45, 2.75) is 52.6 Å². The molecule has 0 unspecified atom stereocenters. The van der Waals surface area contributed by atoms with E-state index < -0.39 is 0 Å². The number of hydrogen-bond acceptors (Lipinski definition) is 3. The highest BCUT2D eigenvalue weighted by atomic mass is 19.1. The Morgan fingerprint density at radius 1 is 1.45 bits per heavy atom. The average Bonchev–Trinajstić information content (AvgIpc) is 2.37. The Hall–Kier alpha value is -1.16. The summed E-state index contributed by atoms with van der Waals surface area (Å²) in [6, 6.07) is 2.12. The van der Waals surface area contributed by atoms with E-state index in [1.165, 1.54) is 19.3 Å². The van der Waals surface area contributed by atoms with Gasteiger partial charge in [0.1, 0.15) is 0 Å². The number of aromatic nitrogens is 1. The molecule has 1 aliphatic carbocycles. The summed E-state index contributed by atoms with van der Waals surface area (Å²) < 4.78 is 14.6. The van der Waals surface area contributed by atoms with Crippen molar-refractivity contribution < 1.29 is 4.39 Å². The van der Waals surface area contributed by atoms with E-state index in [0.717, 1.165) is 13.1 Å². The lowest BCUT2D eigenvalue weighted by atomic mass is 9.85. The molecule has 0 saturated heterocycles. The first-order valence-electron chi connectivity index (χ1n) is 7.73. The summed E-state index contributed by atoms with van der Waals surface area (Å²) in [5.41, 5.74) is 0.704. The third-order valence-corrected chi connectivity index (χ3v) is 4.04. The maximum Gasteiger partial charge on any atom is 0.170 e. The molecule has 112 valence electrons. The van der Waals surface area contributed by atoms with Crippen molar-refractivity contribution in [3.63, 3.8) is 0 Å². The summed E-state index contributed by atoms with van der Waals surface area (Å²) in [7, 11) is 0. The molecule has 0 bridgehead atoms. The number of pyridine rings is 1. The highest BCUT2D eigenvalue weighted by Gasteiger charge is 2.23. The summed E-state index contributed by atoms with van der Waals surface area (Å²) in [6.45, 7) is 8.49. The molecule has 2 rings (SSSR count). The van der Waals surface area contributed by atoms with Gasteiger partial charge in [0.25, 0.3) is 0 Å². The molecular formula is C16H26FN3. The molecule has 0 spiro atoms. The molecule has 0 atom stereocenters. The summed E-state index contributed by atoms with van der Waals surface area (Å²) in [5.74, 6) is 1.07. The summed E-state index contributed by atoms with van der Waals surface area (Å²) in [5, 5.41) is 3.26. The van der Waals surface area contributed by atoms with Crippen molar-refractivity contribution in [3.8, 4) is 0 Å². The minimum Gasteiger partial charge on any atom is -0.354 e. The Balaban J connectivity index is 2.10. The van der Waals surface area contributed by atoms with Crippen molar-refractivity contribution in [3.05, 3.63) is 23.6 Å². The molecule has 1 saturated carbocycles. The number of halogens is 1. The molecule has 1 heterocycles. The van der Waals surface area contributed by atoms with Crippen LogP contribution in [-0.4, -0.2) is 24.1 Å². The van der Waals surface area contributed by atoms with E-state index in [0.29, 0.717) is 29.9 Å². The Labute approximate surface area is 121 Å². The van der Waals surface area contributed by atoms with Crippen LogP contribution in [0.3, 0.4) is 0 Å². The van der Waals surface area contributed by atoms with Gasteiger partial charge in [-0.25, -0.2) is 9.37 Å². The molecule has 3 nitrogen and oxygen atoms in total. The summed E-state index contributed by atoms with van der Waals surface area (Å²) in [4.78, 5) is 6.35. The highest BCUT2D eigenvalue weighted by molar-refractivity contribution is 5.43. The van der Waals surface area contributed by atoms with Gasteiger partial charge in [-0.1, -0.05) is 20.3 Å². The first-order chi connectivity index (χ1) is 9.61. The van der Waals surface area contributed by atoms with Crippen LogP contribution in [0.25, 0.3) is 0 Å². The third kappa shape index (κ3) is 3.69. The second kappa shape index (κ2) is 7.02. The maximum atomic E-state index is 14.6. The third-order valence-electron chi connectivity index (χ3n) is 4.04. The van der Waals surface area contributed by atoms with Gasteiger partial charge in [-0.15, -0.1) is 0 Å². The van der Waals surface area contributed by atoms with Gasteiger partial charge < -0.3 is 10.2 Å². The zero-order valence-electron chi connectivity index (χ0n) is 12.8. The number of rotatable bonds is 7. The monoisotopic (exact) mass is 279 g/mol.